The molecule has 7 nitrogen and oxygen atoms in total. The number of hydrogen-bond donors (Lipinski definition) is 1. The number of piperidine rings is 1. The summed E-state index contributed by atoms with van der Waals surface area (Å²) in [7, 11) is -3.74. The number of nitrogens with zero attached hydrogens (tertiary/aromatic N) is 1. The van der Waals surface area contributed by atoms with Crippen LogP contribution in [-0.4, -0.2) is 51.4 Å². The van der Waals surface area contributed by atoms with Gasteiger partial charge < -0.3 is 9.64 Å². The predicted molar refractivity (Wildman–Crippen MR) is 122 cm³/mol. The van der Waals surface area contributed by atoms with Gasteiger partial charge in [0.2, 0.25) is 10.0 Å². The SMILES string of the molecule is O=C(CCNS(=O)(=O)c1ccc(Cl)cc1)OCC(=O)N1CCC(Cc2ccccc2)CC1. The highest BCUT2D eigenvalue weighted by molar-refractivity contribution is 7.89. The van der Waals surface area contributed by atoms with Crippen molar-refractivity contribution in [3.05, 3.63) is 65.2 Å². The molecule has 1 N–H and O–H groups in total. The topological polar surface area (TPSA) is 92.8 Å². The third-order valence-electron chi connectivity index (χ3n) is 5.44. The Kier molecular flexibility index (Phi) is 8.67. The lowest BCUT2D eigenvalue weighted by Gasteiger charge is -2.32. The molecule has 0 spiro atoms. The monoisotopic (exact) mass is 478 g/mol. The van der Waals surface area contributed by atoms with Crippen LogP contribution in [-0.2, 0) is 30.8 Å². The van der Waals surface area contributed by atoms with Gasteiger partial charge in [-0.15, -0.1) is 0 Å². The van der Waals surface area contributed by atoms with Crippen molar-refractivity contribution in [3.8, 4) is 0 Å². The van der Waals surface area contributed by atoms with Crippen LogP contribution in [0.1, 0.15) is 24.8 Å². The van der Waals surface area contributed by atoms with Crippen molar-refractivity contribution >= 4 is 33.5 Å². The molecule has 1 heterocycles. The first kappa shape index (κ1) is 24.2. The maximum Gasteiger partial charge on any atom is 0.307 e. The first-order chi connectivity index (χ1) is 15.3. The molecule has 0 atom stereocenters. The van der Waals surface area contributed by atoms with Crippen molar-refractivity contribution in [2.24, 2.45) is 5.92 Å². The molecule has 1 fully saturated rings. The number of halogens is 1. The second-order valence-corrected chi connectivity index (χ2v) is 9.98. The minimum absolute atomic E-state index is 0.0566. The average molecular weight is 479 g/mol. The molecule has 2 aromatic rings. The number of carbonyl (C=O) groups excluding carboxylic acids is 2. The quantitative estimate of drug-likeness (QED) is 0.559. The molecule has 1 aliphatic rings. The highest BCUT2D eigenvalue weighted by Crippen LogP contribution is 2.21. The van der Waals surface area contributed by atoms with Gasteiger partial charge >= 0.3 is 5.97 Å². The molecule has 1 aliphatic heterocycles. The summed E-state index contributed by atoms with van der Waals surface area (Å²) in [5.41, 5.74) is 1.30. The van der Waals surface area contributed by atoms with Crippen LogP contribution in [0.5, 0.6) is 0 Å². The number of sulfonamides is 1. The number of esters is 1. The maximum absolute atomic E-state index is 12.3. The summed E-state index contributed by atoms with van der Waals surface area (Å²) in [6.45, 7) is 0.846. The number of rotatable bonds is 9. The minimum atomic E-state index is -3.74. The Balaban J connectivity index is 1.33. The van der Waals surface area contributed by atoms with Crippen LogP contribution < -0.4 is 4.72 Å². The van der Waals surface area contributed by atoms with Gasteiger partial charge in [-0.05, 0) is 55.0 Å². The summed E-state index contributed by atoms with van der Waals surface area (Å²) in [5.74, 6) is -0.313. The molecule has 0 radical (unpaired) electrons. The number of hydrogen-bond acceptors (Lipinski definition) is 5. The van der Waals surface area contributed by atoms with E-state index in [2.05, 4.69) is 16.9 Å². The number of carbonyl (C=O) groups is 2. The van der Waals surface area contributed by atoms with E-state index in [1.807, 2.05) is 18.2 Å². The maximum atomic E-state index is 12.3. The van der Waals surface area contributed by atoms with Crippen LogP contribution in [0.25, 0.3) is 0 Å². The normalized spacial score (nSPS) is 14.8. The summed E-state index contributed by atoms with van der Waals surface area (Å²) in [4.78, 5) is 26.0. The Morgan fingerprint density at radius 3 is 2.34 bits per heavy atom. The Bertz CT molecular complexity index is 1000. The molecule has 1 saturated heterocycles. The van der Waals surface area contributed by atoms with Gasteiger partial charge in [0.05, 0.1) is 11.3 Å². The van der Waals surface area contributed by atoms with Gasteiger partial charge in [-0.25, -0.2) is 13.1 Å². The fourth-order valence-corrected chi connectivity index (χ4v) is 4.78. The number of likely N-dealkylation sites (tertiary alicyclic amines) is 1. The van der Waals surface area contributed by atoms with E-state index in [-0.39, 0.29) is 30.4 Å². The largest absolute Gasteiger partial charge is 0.456 e. The van der Waals surface area contributed by atoms with Crippen molar-refractivity contribution < 1.29 is 22.7 Å². The van der Waals surface area contributed by atoms with Crippen LogP contribution in [0, 0.1) is 5.92 Å². The number of amides is 1. The van der Waals surface area contributed by atoms with Gasteiger partial charge in [0.15, 0.2) is 6.61 Å². The lowest BCUT2D eigenvalue weighted by molar-refractivity contribution is -0.152. The molecular formula is C23H27ClN2O5S. The van der Waals surface area contributed by atoms with Crippen molar-refractivity contribution in [1.29, 1.82) is 0 Å². The summed E-state index contributed by atoms with van der Waals surface area (Å²) < 4.78 is 31.7. The zero-order valence-electron chi connectivity index (χ0n) is 17.7. The van der Waals surface area contributed by atoms with Crippen LogP contribution >= 0.6 is 11.6 Å². The minimum Gasteiger partial charge on any atom is -0.456 e. The Morgan fingerprint density at radius 2 is 1.69 bits per heavy atom. The highest BCUT2D eigenvalue weighted by Gasteiger charge is 2.23. The molecule has 9 heteroatoms. The van der Waals surface area contributed by atoms with Crippen molar-refractivity contribution in [2.45, 2.75) is 30.6 Å². The van der Waals surface area contributed by atoms with E-state index in [9.17, 15) is 18.0 Å². The Labute approximate surface area is 193 Å². The molecule has 3 rings (SSSR count). The molecule has 0 unspecified atom stereocenters. The predicted octanol–water partition coefficient (Wildman–Crippen LogP) is 3.03. The average Bonchev–Trinajstić information content (AvgIpc) is 2.79. The van der Waals surface area contributed by atoms with E-state index >= 15 is 0 Å². The molecule has 2 aromatic carbocycles. The fraction of sp³-hybridized carbons (Fsp3) is 0.391. The molecule has 1 amide bonds. The lowest BCUT2D eigenvalue weighted by atomic mass is 9.90. The van der Waals surface area contributed by atoms with Crippen LogP contribution in [0.3, 0.4) is 0 Å². The first-order valence-electron chi connectivity index (χ1n) is 10.6. The zero-order chi connectivity index (χ0) is 23.0. The van der Waals surface area contributed by atoms with E-state index < -0.39 is 16.0 Å². The Hall–Kier alpha value is -2.42. The van der Waals surface area contributed by atoms with Gasteiger partial charge in [0, 0.05) is 24.7 Å². The van der Waals surface area contributed by atoms with Crippen LogP contribution in [0.4, 0.5) is 0 Å². The Morgan fingerprint density at radius 1 is 1.03 bits per heavy atom. The molecule has 0 saturated carbocycles. The first-order valence-corrected chi connectivity index (χ1v) is 12.4. The summed E-state index contributed by atoms with van der Waals surface area (Å²) in [5, 5.41) is 0.428. The summed E-state index contributed by atoms with van der Waals surface area (Å²) in [6.07, 6.45) is 2.67. The summed E-state index contributed by atoms with van der Waals surface area (Å²) in [6, 6.07) is 16.0. The second kappa shape index (κ2) is 11.4. The van der Waals surface area contributed by atoms with Crippen molar-refractivity contribution in [2.75, 3.05) is 26.2 Å². The third-order valence-corrected chi connectivity index (χ3v) is 7.17. The molecule has 0 bridgehead atoms. The van der Waals surface area contributed by atoms with Crippen LogP contribution in [0.2, 0.25) is 5.02 Å². The van der Waals surface area contributed by atoms with Gasteiger partial charge in [-0.2, -0.15) is 0 Å². The number of benzene rings is 2. The molecule has 172 valence electrons. The van der Waals surface area contributed by atoms with E-state index in [1.165, 1.54) is 29.8 Å². The van der Waals surface area contributed by atoms with E-state index in [0.29, 0.717) is 24.0 Å². The van der Waals surface area contributed by atoms with Gasteiger partial charge in [-0.3, -0.25) is 9.59 Å². The highest BCUT2D eigenvalue weighted by atomic mass is 35.5. The van der Waals surface area contributed by atoms with Gasteiger partial charge in [-0.1, -0.05) is 41.9 Å². The van der Waals surface area contributed by atoms with Gasteiger partial charge in [0.1, 0.15) is 0 Å². The lowest BCUT2D eigenvalue weighted by Crippen LogP contribution is -2.41. The van der Waals surface area contributed by atoms with Crippen molar-refractivity contribution in [3.63, 3.8) is 0 Å². The smallest absolute Gasteiger partial charge is 0.307 e. The summed E-state index contributed by atoms with van der Waals surface area (Å²) >= 11 is 5.76. The van der Waals surface area contributed by atoms with E-state index in [0.717, 1.165) is 19.3 Å². The molecule has 0 aromatic heterocycles. The van der Waals surface area contributed by atoms with E-state index in [1.54, 1.807) is 4.90 Å². The van der Waals surface area contributed by atoms with Crippen molar-refractivity contribution in [1.82, 2.24) is 9.62 Å². The third kappa shape index (κ3) is 7.32. The van der Waals surface area contributed by atoms with E-state index in [4.69, 9.17) is 16.3 Å². The zero-order valence-corrected chi connectivity index (χ0v) is 19.3. The molecule has 0 aliphatic carbocycles. The fourth-order valence-electron chi connectivity index (χ4n) is 3.62. The number of nitrogens with one attached hydrogen (secondary N) is 1. The standard InChI is InChI=1S/C23H27ClN2O5S/c24-20-6-8-21(9-7-20)32(29,30)25-13-10-23(28)31-17-22(27)26-14-11-19(12-15-26)16-18-4-2-1-3-5-18/h1-9,19,25H,10-17H2. The molecule has 32 heavy (non-hydrogen) atoms. The second-order valence-electron chi connectivity index (χ2n) is 7.78. The molecular weight excluding hydrogens is 452 g/mol. The van der Waals surface area contributed by atoms with Gasteiger partial charge in [0.25, 0.3) is 5.91 Å². The number of ether oxygens (including phenoxy) is 1. The van der Waals surface area contributed by atoms with Crippen LogP contribution in [0.15, 0.2) is 59.5 Å².